The van der Waals surface area contributed by atoms with Gasteiger partial charge in [-0.3, -0.25) is 9.59 Å². The van der Waals surface area contributed by atoms with Crippen molar-refractivity contribution in [3.8, 4) is 11.5 Å². The molecule has 6 heteroatoms. The minimum absolute atomic E-state index is 0.0587. The van der Waals surface area contributed by atoms with Crippen molar-refractivity contribution in [3.05, 3.63) is 24.3 Å². The maximum absolute atomic E-state index is 12.5. The highest BCUT2D eigenvalue weighted by atomic mass is 16.5. The maximum atomic E-state index is 12.5. The minimum Gasteiger partial charge on any atom is -0.497 e. The van der Waals surface area contributed by atoms with E-state index in [2.05, 4.69) is 0 Å². The molecule has 0 bridgehead atoms. The summed E-state index contributed by atoms with van der Waals surface area (Å²) in [5.74, 6) is 0.632. The highest BCUT2D eigenvalue weighted by molar-refractivity contribution is 5.85. The van der Waals surface area contributed by atoms with Gasteiger partial charge >= 0.3 is 5.97 Å². The summed E-state index contributed by atoms with van der Waals surface area (Å²) in [6.45, 7) is 6.07. The second-order valence-corrected chi connectivity index (χ2v) is 5.00. The Labute approximate surface area is 137 Å². The molecule has 23 heavy (non-hydrogen) atoms. The smallest absolute Gasteiger partial charge is 0.325 e. The Hall–Kier alpha value is -2.24. The van der Waals surface area contributed by atoms with Crippen LogP contribution < -0.4 is 9.47 Å². The van der Waals surface area contributed by atoms with Crippen molar-refractivity contribution in [1.29, 1.82) is 0 Å². The number of amides is 1. The Balaban J connectivity index is 2.67. The number of ether oxygens (including phenoxy) is 3. The van der Waals surface area contributed by atoms with Gasteiger partial charge in [0.25, 0.3) is 5.91 Å². The van der Waals surface area contributed by atoms with E-state index in [4.69, 9.17) is 14.2 Å². The summed E-state index contributed by atoms with van der Waals surface area (Å²) in [6.07, 6.45) is 0.0600. The lowest BCUT2D eigenvalue weighted by Crippen LogP contribution is -2.44. The molecule has 0 radical (unpaired) electrons. The lowest BCUT2D eigenvalue weighted by atomic mass is 10.3. The molecule has 1 aromatic rings. The van der Waals surface area contributed by atoms with E-state index >= 15 is 0 Å². The van der Waals surface area contributed by atoms with E-state index in [1.165, 1.54) is 4.90 Å². The van der Waals surface area contributed by atoms with Crippen LogP contribution in [-0.4, -0.2) is 49.7 Å². The van der Waals surface area contributed by atoms with Crippen molar-refractivity contribution in [1.82, 2.24) is 4.90 Å². The van der Waals surface area contributed by atoms with E-state index in [-0.39, 0.29) is 12.5 Å². The molecule has 0 aromatic heterocycles. The molecular weight excluding hydrogens is 298 g/mol. The molecule has 0 N–H and O–H groups in total. The molecular formula is C17H25NO5. The van der Waals surface area contributed by atoms with Gasteiger partial charge in [0.2, 0.25) is 0 Å². The van der Waals surface area contributed by atoms with Crippen molar-refractivity contribution < 1.29 is 23.8 Å². The fourth-order valence-electron chi connectivity index (χ4n) is 2.07. The standard InChI is InChI=1S/C17H25NO5/c1-5-11-18(12-16(19)22-6-2)17(20)13(3)23-15-9-7-14(21-4)8-10-15/h7-10,13H,5-6,11-12H2,1-4H3. The van der Waals surface area contributed by atoms with Gasteiger partial charge < -0.3 is 19.1 Å². The van der Waals surface area contributed by atoms with E-state index in [1.54, 1.807) is 45.2 Å². The molecule has 0 aliphatic carbocycles. The first-order chi connectivity index (χ1) is 11.0. The van der Waals surface area contributed by atoms with Gasteiger partial charge in [-0.15, -0.1) is 0 Å². The van der Waals surface area contributed by atoms with Gasteiger partial charge in [0, 0.05) is 6.54 Å². The van der Waals surface area contributed by atoms with Gasteiger partial charge in [-0.05, 0) is 44.5 Å². The van der Waals surface area contributed by atoms with Crippen LogP contribution in [0, 0.1) is 0 Å². The molecule has 128 valence electrons. The van der Waals surface area contributed by atoms with E-state index in [9.17, 15) is 9.59 Å². The van der Waals surface area contributed by atoms with Crippen LogP contribution in [-0.2, 0) is 14.3 Å². The molecule has 0 aliphatic rings. The number of benzene rings is 1. The fraction of sp³-hybridized carbons (Fsp3) is 0.529. The number of esters is 1. The molecule has 1 rings (SSSR count). The predicted molar refractivity (Wildman–Crippen MR) is 86.6 cm³/mol. The molecule has 0 spiro atoms. The highest BCUT2D eigenvalue weighted by Gasteiger charge is 2.24. The van der Waals surface area contributed by atoms with Gasteiger partial charge in [0.15, 0.2) is 6.10 Å². The molecule has 6 nitrogen and oxygen atoms in total. The summed E-state index contributed by atoms with van der Waals surface area (Å²) in [6, 6.07) is 6.99. The summed E-state index contributed by atoms with van der Waals surface area (Å²) >= 11 is 0. The molecule has 0 heterocycles. The van der Waals surface area contributed by atoms with E-state index in [0.29, 0.717) is 24.7 Å². The van der Waals surface area contributed by atoms with Crippen molar-refractivity contribution in [2.24, 2.45) is 0 Å². The Bertz CT molecular complexity index is 500. The molecule has 1 aromatic carbocycles. The van der Waals surface area contributed by atoms with Gasteiger partial charge in [-0.1, -0.05) is 6.92 Å². The molecule has 0 saturated heterocycles. The number of hydrogen-bond donors (Lipinski definition) is 0. The van der Waals surface area contributed by atoms with Gasteiger partial charge in [0.05, 0.1) is 13.7 Å². The van der Waals surface area contributed by atoms with Crippen molar-refractivity contribution in [2.45, 2.75) is 33.3 Å². The second-order valence-electron chi connectivity index (χ2n) is 5.00. The molecule has 1 unspecified atom stereocenters. The van der Waals surface area contributed by atoms with Crippen LogP contribution in [0.25, 0.3) is 0 Å². The Morgan fingerprint density at radius 2 is 1.74 bits per heavy atom. The first-order valence-corrected chi connectivity index (χ1v) is 7.76. The van der Waals surface area contributed by atoms with Crippen LogP contribution >= 0.6 is 0 Å². The van der Waals surface area contributed by atoms with Crippen molar-refractivity contribution >= 4 is 11.9 Å². The number of rotatable bonds is 9. The van der Waals surface area contributed by atoms with Crippen molar-refractivity contribution in [2.75, 3.05) is 26.8 Å². The van der Waals surface area contributed by atoms with E-state index in [0.717, 1.165) is 6.42 Å². The molecule has 0 aliphatic heterocycles. The Morgan fingerprint density at radius 3 is 2.26 bits per heavy atom. The predicted octanol–water partition coefficient (Wildman–Crippen LogP) is 2.26. The number of methoxy groups -OCH3 is 1. The zero-order chi connectivity index (χ0) is 17.2. The van der Waals surface area contributed by atoms with Crippen LogP contribution in [0.5, 0.6) is 11.5 Å². The first kappa shape index (κ1) is 18.8. The zero-order valence-corrected chi connectivity index (χ0v) is 14.2. The fourth-order valence-corrected chi connectivity index (χ4v) is 2.07. The molecule has 0 fully saturated rings. The third-order valence-corrected chi connectivity index (χ3v) is 3.15. The van der Waals surface area contributed by atoms with Crippen LogP contribution in [0.15, 0.2) is 24.3 Å². The number of carbonyl (C=O) groups excluding carboxylic acids is 2. The van der Waals surface area contributed by atoms with Gasteiger partial charge in [-0.25, -0.2) is 0 Å². The molecule has 1 amide bonds. The van der Waals surface area contributed by atoms with E-state index < -0.39 is 12.1 Å². The van der Waals surface area contributed by atoms with E-state index in [1.807, 2.05) is 6.92 Å². The van der Waals surface area contributed by atoms with Crippen LogP contribution in [0.2, 0.25) is 0 Å². The van der Waals surface area contributed by atoms with Crippen LogP contribution in [0.1, 0.15) is 27.2 Å². The van der Waals surface area contributed by atoms with Gasteiger partial charge in [0.1, 0.15) is 18.0 Å². The number of carbonyl (C=O) groups is 2. The van der Waals surface area contributed by atoms with Crippen LogP contribution in [0.3, 0.4) is 0 Å². The molecule has 0 saturated carbocycles. The third kappa shape index (κ3) is 6.18. The number of hydrogen-bond acceptors (Lipinski definition) is 5. The normalized spacial score (nSPS) is 11.5. The number of nitrogens with zero attached hydrogens (tertiary/aromatic N) is 1. The van der Waals surface area contributed by atoms with Crippen molar-refractivity contribution in [3.63, 3.8) is 0 Å². The minimum atomic E-state index is -0.690. The second kappa shape index (κ2) is 9.71. The first-order valence-electron chi connectivity index (χ1n) is 7.76. The van der Waals surface area contributed by atoms with Crippen LogP contribution in [0.4, 0.5) is 0 Å². The largest absolute Gasteiger partial charge is 0.497 e. The summed E-state index contributed by atoms with van der Waals surface area (Å²) < 4.78 is 15.6. The maximum Gasteiger partial charge on any atom is 0.325 e. The lowest BCUT2D eigenvalue weighted by molar-refractivity contribution is -0.151. The summed E-state index contributed by atoms with van der Waals surface area (Å²) in [7, 11) is 1.58. The lowest BCUT2D eigenvalue weighted by Gasteiger charge is -2.25. The zero-order valence-electron chi connectivity index (χ0n) is 14.2. The Kier molecular flexibility index (Phi) is 7.94. The monoisotopic (exact) mass is 323 g/mol. The third-order valence-electron chi connectivity index (χ3n) is 3.15. The van der Waals surface area contributed by atoms with Gasteiger partial charge in [-0.2, -0.15) is 0 Å². The average molecular weight is 323 g/mol. The highest BCUT2D eigenvalue weighted by Crippen LogP contribution is 2.18. The SMILES string of the molecule is CCCN(CC(=O)OCC)C(=O)C(C)Oc1ccc(OC)cc1. The summed E-state index contributed by atoms with van der Waals surface area (Å²) in [5.41, 5.74) is 0. The molecule has 1 atom stereocenters. The quantitative estimate of drug-likeness (QED) is 0.652. The Morgan fingerprint density at radius 1 is 1.13 bits per heavy atom. The summed E-state index contributed by atoms with van der Waals surface area (Å²) in [4.78, 5) is 25.5. The average Bonchev–Trinajstić information content (AvgIpc) is 2.54. The summed E-state index contributed by atoms with van der Waals surface area (Å²) in [5, 5.41) is 0. The topological polar surface area (TPSA) is 65.1 Å².